The molecule has 0 unspecified atom stereocenters. The lowest BCUT2D eigenvalue weighted by Crippen LogP contribution is -2.50. The summed E-state index contributed by atoms with van der Waals surface area (Å²) >= 11 is 0. The number of urea groups is 1. The van der Waals surface area contributed by atoms with Gasteiger partial charge in [0.25, 0.3) is 0 Å². The molecule has 204 valence electrons. The van der Waals surface area contributed by atoms with Crippen molar-refractivity contribution < 1.29 is 18.7 Å². The van der Waals surface area contributed by atoms with Gasteiger partial charge in [-0.15, -0.1) is 0 Å². The molecule has 0 bridgehead atoms. The van der Waals surface area contributed by atoms with Crippen LogP contribution in [-0.4, -0.2) is 49.7 Å². The van der Waals surface area contributed by atoms with Gasteiger partial charge in [-0.1, -0.05) is 18.2 Å². The molecular formula is C29H33FN6O3. The summed E-state index contributed by atoms with van der Waals surface area (Å²) in [6, 6.07) is 11.5. The Morgan fingerprint density at radius 2 is 1.87 bits per heavy atom. The summed E-state index contributed by atoms with van der Waals surface area (Å²) in [5.41, 5.74) is 2.54. The monoisotopic (exact) mass is 532 g/mol. The predicted octanol–water partition coefficient (Wildman–Crippen LogP) is 4.45. The third-order valence-corrected chi connectivity index (χ3v) is 8.30. The number of pyridine rings is 1. The number of imide groups is 1. The Balaban J connectivity index is 1.18. The molecule has 1 saturated carbocycles. The van der Waals surface area contributed by atoms with Crippen LogP contribution in [0.5, 0.6) is 5.75 Å². The Kier molecular flexibility index (Phi) is 5.98. The largest absolute Gasteiger partial charge is 0.487 e. The molecule has 1 N–H and O–H groups in total. The van der Waals surface area contributed by atoms with E-state index in [-0.39, 0.29) is 17.9 Å². The van der Waals surface area contributed by atoms with Gasteiger partial charge in [-0.2, -0.15) is 0 Å². The Labute approximate surface area is 227 Å². The first-order valence-corrected chi connectivity index (χ1v) is 13.4. The molecule has 4 heterocycles. The Morgan fingerprint density at radius 3 is 2.56 bits per heavy atom. The van der Waals surface area contributed by atoms with Crippen molar-refractivity contribution in [2.75, 3.05) is 11.4 Å². The first-order valence-electron chi connectivity index (χ1n) is 13.4. The Morgan fingerprint density at radius 1 is 1.13 bits per heavy atom. The summed E-state index contributed by atoms with van der Waals surface area (Å²) < 4.78 is 21.9. The lowest BCUT2D eigenvalue weighted by molar-refractivity contribution is -0.120. The van der Waals surface area contributed by atoms with Crippen LogP contribution in [0.3, 0.4) is 0 Å². The molecule has 1 aromatic carbocycles. The van der Waals surface area contributed by atoms with E-state index in [4.69, 9.17) is 9.72 Å². The fraction of sp³-hybridized carbons (Fsp3) is 0.448. The molecule has 3 aliphatic rings. The minimum atomic E-state index is -1.17. The van der Waals surface area contributed by atoms with Crippen molar-refractivity contribution in [2.45, 2.75) is 70.4 Å². The van der Waals surface area contributed by atoms with E-state index in [0.717, 1.165) is 30.0 Å². The number of fused-ring (bicyclic) bond motifs is 1. The summed E-state index contributed by atoms with van der Waals surface area (Å²) in [7, 11) is 1.85. The molecule has 3 amide bonds. The van der Waals surface area contributed by atoms with E-state index in [1.807, 2.05) is 41.9 Å². The van der Waals surface area contributed by atoms with Crippen molar-refractivity contribution in [1.29, 1.82) is 0 Å². The van der Waals surface area contributed by atoms with E-state index in [1.54, 1.807) is 13.1 Å². The molecule has 10 heteroatoms. The topological polar surface area (TPSA) is 92.6 Å². The number of benzene rings is 1. The highest BCUT2D eigenvalue weighted by Crippen LogP contribution is 2.44. The number of nitrogens with one attached hydrogen (secondary N) is 1. The zero-order valence-corrected chi connectivity index (χ0v) is 22.7. The van der Waals surface area contributed by atoms with Crippen LogP contribution in [0.15, 0.2) is 42.6 Å². The van der Waals surface area contributed by atoms with Crippen molar-refractivity contribution in [3.8, 4) is 17.3 Å². The molecule has 9 nitrogen and oxygen atoms in total. The lowest BCUT2D eigenvalue weighted by Gasteiger charge is -2.31. The second-order valence-corrected chi connectivity index (χ2v) is 11.3. The van der Waals surface area contributed by atoms with Gasteiger partial charge in [-0.05, 0) is 62.9 Å². The highest BCUT2D eigenvalue weighted by atomic mass is 19.1. The molecule has 1 aliphatic carbocycles. The van der Waals surface area contributed by atoms with Gasteiger partial charge in [0, 0.05) is 33.1 Å². The molecule has 1 atom stereocenters. The number of aromatic nitrogens is 3. The highest BCUT2D eigenvalue weighted by molar-refractivity contribution is 6.05. The number of amides is 3. The van der Waals surface area contributed by atoms with E-state index >= 15 is 0 Å². The number of alkyl halides is 1. The zero-order valence-electron chi connectivity index (χ0n) is 22.7. The van der Waals surface area contributed by atoms with Gasteiger partial charge in [-0.25, -0.2) is 19.2 Å². The van der Waals surface area contributed by atoms with Crippen LogP contribution >= 0.6 is 0 Å². The summed E-state index contributed by atoms with van der Waals surface area (Å²) in [4.78, 5) is 37.4. The average molecular weight is 533 g/mol. The predicted molar refractivity (Wildman–Crippen MR) is 144 cm³/mol. The number of rotatable bonds is 7. The zero-order chi connectivity index (χ0) is 27.5. The van der Waals surface area contributed by atoms with Crippen LogP contribution in [-0.2, 0) is 30.5 Å². The van der Waals surface area contributed by atoms with E-state index in [9.17, 15) is 14.0 Å². The SMILES string of the molecule is C[C@@H](Oc1ccc(CN2Cc3ccc(-c4ncc(N5CCC(=O)NC5=O)n4C)nc3C2(C)C)cc1)C1(F)CC1. The van der Waals surface area contributed by atoms with Gasteiger partial charge >= 0.3 is 6.03 Å². The fourth-order valence-electron chi connectivity index (χ4n) is 5.48. The minimum absolute atomic E-state index is 0.251. The van der Waals surface area contributed by atoms with Gasteiger partial charge in [0.15, 0.2) is 5.82 Å². The van der Waals surface area contributed by atoms with Gasteiger partial charge in [-0.3, -0.25) is 19.9 Å². The maximum absolute atomic E-state index is 14.2. The standard InChI is InChI=1S/C29H33FN6O3/c1-18(29(30)12-13-29)39-21-8-5-19(6-9-21)16-35-17-20-7-10-22(32-25(20)28(35,2)3)26-31-15-24(34(26)4)36-14-11-23(37)33-27(36)38/h5-10,15,18H,11-14,16-17H2,1-4H3,(H,33,37,38)/t18-/m1/s1. The summed E-state index contributed by atoms with van der Waals surface area (Å²) in [5.74, 6) is 1.68. The molecule has 0 radical (unpaired) electrons. The number of ether oxygens (including phenoxy) is 1. The molecule has 2 aliphatic heterocycles. The van der Waals surface area contributed by atoms with Crippen LogP contribution in [0.2, 0.25) is 0 Å². The van der Waals surface area contributed by atoms with Crippen molar-refractivity contribution in [3.63, 3.8) is 0 Å². The molecule has 2 aromatic heterocycles. The number of carbonyl (C=O) groups excluding carboxylic acids is 2. The van der Waals surface area contributed by atoms with Gasteiger partial charge in [0.1, 0.15) is 29.0 Å². The van der Waals surface area contributed by atoms with Crippen molar-refractivity contribution in [3.05, 3.63) is 59.4 Å². The number of anilines is 1. The van der Waals surface area contributed by atoms with Crippen LogP contribution in [0.4, 0.5) is 15.0 Å². The minimum Gasteiger partial charge on any atom is -0.487 e. The third-order valence-electron chi connectivity index (χ3n) is 8.30. The highest BCUT2D eigenvalue weighted by Gasteiger charge is 2.50. The number of hydrogen-bond acceptors (Lipinski definition) is 6. The van der Waals surface area contributed by atoms with Crippen molar-refractivity contribution in [1.82, 2.24) is 24.8 Å². The van der Waals surface area contributed by atoms with Crippen LogP contribution in [0.1, 0.15) is 56.9 Å². The average Bonchev–Trinajstić information content (AvgIpc) is 3.47. The summed E-state index contributed by atoms with van der Waals surface area (Å²) in [5, 5.41) is 2.36. The Hall–Kier alpha value is -3.79. The summed E-state index contributed by atoms with van der Waals surface area (Å²) in [6.07, 6.45) is 2.60. The number of carbonyl (C=O) groups is 2. The second-order valence-electron chi connectivity index (χ2n) is 11.3. The van der Waals surface area contributed by atoms with E-state index in [0.29, 0.717) is 36.8 Å². The summed E-state index contributed by atoms with van der Waals surface area (Å²) in [6.45, 7) is 7.95. The smallest absolute Gasteiger partial charge is 0.329 e. The molecular weight excluding hydrogens is 499 g/mol. The van der Waals surface area contributed by atoms with Crippen LogP contribution in [0, 0.1) is 0 Å². The van der Waals surface area contributed by atoms with E-state index < -0.39 is 17.8 Å². The molecule has 2 fully saturated rings. The first kappa shape index (κ1) is 25.5. The molecule has 0 spiro atoms. The van der Waals surface area contributed by atoms with E-state index in [1.165, 1.54) is 10.5 Å². The molecule has 6 rings (SSSR count). The maximum Gasteiger partial charge on any atom is 0.329 e. The van der Waals surface area contributed by atoms with E-state index in [2.05, 4.69) is 35.1 Å². The fourth-order valence-corrected chi connectivity index (χ4v) is 5.48. The number of nitrogens with zero attached hydrogens (tertiary/aromatic N) is 5. The maximum atomic E-state index is 14.2. The van der Waals surface area contributed by atoms with Gasteiger partial charge < -0.3 is 9.30 Å². The number of imidazole rings is 1. The molecule has 3 aromatic rings. The third kappa shape index (κ3) is 4.56. The normalized spacial score (nSPS) is 20.5. The lowest BCUT2D eigenvalue weighted by atomic mass is 9.98. The Bertz CT molecular complexity index is 1450. The molecule has 39 heavy (non-hydrogen) atoms. The van der Waals surface area contributed by atoms with Gasteiger partial charge in [0.2, 0.25) is 5.91 Å². The number of hydrogen-bond donors (Lipinski definition) is 1. The quantitative estimate of drug-likeness (QED) is 0.484. The van der Waals surface area contributed by atoms with Crippen LogP contribution in [0.25, 0.3) is 11.5 Å². The van der Waals surface area contributed by atoms with Gasteiger partial charge in [0.05, 0.1) is 17.4 Å². The van der Waals surface area contributed by atoms with Crippen molar-refractivity contribution in [2.24, 2.45) is 7.05 Å². The van der Waals surface area contributed by atoms with Crippen molar-refractivity contribution >= 4 is 17.8 Å². The second kappa shape index (κ2) is 9.15. The first-order chi connectivity index (χ1) is 18.5. The van der Waals surface area contributed by atoms with Crippen LogP contribution < -0.4 is 15.0 Å². The molecule has 1 saturated heterocycles. The number of halogens is 1.